The number of aromatic nitrogens is 4. The molecule has 0 radical (unpaired) electrons. The van der Waals surface area contributed by atoms with Gasteiger partial charge in [0.25, 0.3) is 0 Å². The number of carbonyl (C=O) groups is 1. The van der Waals surface area contributed by atoms with Gasteiger partial charge in [0.15, 0.2) is 12.5 Å². The van der Waals surface area contributed by atoms with Gasteiger partial charge in [-0.3, -0.25) is 4.68 Å². The number of fused-ring (bicyclic) bond motifs is 10. The third kappa shape index (κ3) is 2.91. The Balaban J connectivity index is 1.77. The Labute approximate surface area is 195 Å². The van der Waals surface area contributed by atoms with Gasteiger partial charge in [0.1, 0.15) is 5.75 Å². The van der Waals surface area contributed by atoms with Crippen LogP contribution in [0.1, 0.15) is 25.1 Å². The first-order chi connectivity index (χ1) is 16.3. The summed E-state index contributed by atoms with van der Waals surface area (Å²) in [6.07, 6.45) is 5.57. The van der Waals surface area contributed by atoms with E-state index >= 15 is 0 Å². The number of ether oxygens (including phenoxy) is 1. The fourth-order valence-corrected chi connectivity index (χ4v) is 5.55. The van der Waals surface area contributed by atoms with E-state index in [-0.39, 0.29) is 5.88 Å². The van der Waals surface area contributed by atoms with Crippen LogP contribution in [0.2, 0.25) is 0 Å². The van der Waals surface area contributed by atoms with Crippen LogP contribution in [0, 0.1) is 5.92 Å². The van der Waals surface area contributed by atoms with Crippen molar-refractivity contribution in [2.75, 3.05) is 6.61 Å². The Kier molecular flexibility index (Phi) is 4.42. The number of H-pyrrole nitrogens is 1. The van der Waals surface area contributed by atoms with Crippen molar-refractivity contribution >= 4 is 38.5 Å². The first-order valence-corrected chi connectivity index (χ1v) is 11.5. The number of carboxylic acids is 1. The van der Waals surface area contributed by atoms with Gasteiger partial charge in [-0.25, -0.2) is 4.79 Å². The van der Waals surface area contributed by atoms with Crippen LogP contribution in [0.15, 0.2) is 30.6 Å². The molecule has 6 rings (SSSR count). The van der Waals surface area contributed by atoms with Crippen LogP contribution in [0.25, 0.3) is 43.7 Å². The maximum Gasteiger partial charge on any atom is 0.341 e. The lowest BCUT2D eigenvalue weighted by atomic mass is 9.85. The second-order valence-corrected chi connectivity index (χ2v) is 9.53. The summed E-state index contributed by atoms with van der Waals surface area (Å²) in [4.78, 5) is 14.1. The minimum absolute atomic E-state index is 0.146. The third-order valence-electron chi connectivity index (χ3n) is 6.70. The molecule has 3 N–H and O–H groups in total. The number of aliphatic carboxylic acids is 1. The van der Waals surface area contributed by atoms with Crippen molar-refractivity contribution in [1.29, 1.82) is 0 Å². The number of carboxylic acid groups (broad SMARTS) is 1. The summed E-state index contributed by atoms with van der Waals surface area (Å²) in [6, 6.07) is 5.77. The fraction of sp³-hybridized carbons (Fsp3) is 0.308. The molecule has 3 heterocycles. The van der Waals surface area contributed by atoms with Gasteiger partial charge in [0, 0.05) is 58.8 Å². The van der Waals surface area contributed by atoms with E-state index in [2.05, 4.69) is 28.5 Å². The molecule has 8 heteroatoms. The van der Waals surface area contributed by atoms with Crippen molar-refractivity contribution in [3.8, 4) is 22.8 Å². The van der Waals surface area contributed by atoms with Crippen molar-refractivity contribution in [1.82, 2.24) is 19.3 Å². The fourth-order valence-electron chi connectivity index (χ4n) is 5.55. The zero-order chi connectivity index (χ0) is 23.7. The number of nitrogens with one attached hydrogen (secondary N) is 1. The Bertz CT molecular complexity index is 1620. The SMILES string of the molecule is CC(C)Cn1c2ccc(OCC(=O)O)cc2c2c3c[nH]c(O)c3c3c(c21)CCc1nn(C)cc1-3. The first kappa shape index (κ1) is 20.7. The Hall–Kier alpha value is -3.94. The minimum atomic E-state index is -1.01. The summed E-state index contributed by atoms with van der Waals surface area (Å²) in [5.74, 6) is 0.0680. The zero-order valence-electron chi connectivity index (χ0n) is 19.3. The average Bonchev–Trinajstić information content (AvgIpc) is 3.45. The summed E-state index contributed by atoms with van der Waals surface area (Å²) < 4.78 is 9.73. The molecule has 1 aliphatic carbocycles. The summed E-state index contributed by atoms with van der Waals surface area (Å²) in [6.45, 7) is 4.85. The summed E-state index contributed by atoms with van der Waals surface area (Å²) >= 11 is 0. The molecule has 0 fully saturated rings. The molecule has 0 amide bonds. The summed E-state index contributed by atoms with van der Waals surface area (Å²) in [5, 5.41) is 28.4. The minimum Gasteiger partial charge on any atom is -0.494 e. The van der Waals surface area contributed by atoms with Crippen LogP contribution >= 0.6 is 0 Å². The van der Waals surface area contributed by atoms with Crippen molar-refractivity contribution in [2.45, 2.75) is 33.2 Å². The van der Waals surface area contributed by atoms with Crippen LogP contribution in [-0.2, 0) is 31.2 Å². The number of benzene rings is 2. The summed E-state index contributed by atoms with van der Waals surface area (Å²) in [5.41, 5.74) is 6.60. The van der Waals surface area contributed by atoms with E-state index in [4.69, 9.17) is 9.84 Å². The first-order valence-electron chi connectivity index (χ1n) is 11.5. The van der Waals surface area contributed by atoms with Gasteiger partial charge in [-0.1, -0.05) is 13.8 Å². The molecule has 5 aromatic rings. The predicted octanol–water partition coefficient (Wildman–Crippen LogP) is 4.60. The maximum atomic E-state index is 11.0. The van der Waals surface area contributed by atoms with Crippen LogP contribution in [0.4, 0.5) is 0 Å². The topological polar surface area (TPSA) is 105 Å². The zero-order valence-corrected chi connectivity index (χ0v) is 19.3. The highest BCUT2D eigenvalue weighted by molar-refractivity contribution is 6.26. The van der Waals surface area contributed by atoms with Crippen molar-refractivity contribution in [3.63, 3.8) is 0 Å². The number of aryl methyl sites for hydroxylation is 3. The molecule has 0 saturated heterocycles. The average molecular weight is 459 g/mol. The van der Waals surface area contributed by atoms with E-state index in [1.807, 2.05) is 42.3 Å². The van der Waals surface area contributed by atoms with Crippen LogP contribution in [0.5, 0.6) is 11.6 Å². The number of hydrogen-bond donors (Lipinski definition) is 3. The van der Waals surface area contributed by atoms with Gasteiger partial charge in [0.2, 0.25) is 0 Å². The molecular weight excluding hydrogens is 432 g/mol. The lowest BCUT2D eigenvalue weighted by molar-refractivity contribution is -0.139. The molecule has 8 nitrogen and oxygen atoms in total. The van der Waals surface area contributed by atoms with Gasteiger partial charge in [-0.15, -0.1) is 0 Å². The van der Waals surface area contributed by atoms with E-state index in [9.17, 15) is 9.90 Å². The van der Waals surface area contributed by atoms with Crippen molar-refractivity contribution < 1.29 is 19.7 Å². The van der Waals surface area contributed by atoms with Crippen molar-refractivity contribution in [3.05, 3.63) is 41.9 Å². The van der Waals surface area contributed by atoms with E-state index < -0.39 is 12.6 Å². The normalized spacial score (nSPS) is 13.2. The van der Waals surface area contributed by atoms with Crippen LogP contribution in [0.3, 0.4) is 0 Å². The van der Waals surface area contributed by atoms with Gasteiger partial charge >= 0.3 is 5.97 Å². The molecule has 0 atom stereocenters. The summed E-state index contributed by atoms with van der Waals surface area (Å²) in [7, 11) is 1.93. The number of aromatic amines is 1. The Morgan fingerprint density at radius 1 is 1.24 bits per heavy atom. The molecule has 3 aromatic heterocycles. The molecular formula is C26H26N4O4. The largest absolute Gasteiger partial charge is 0.494 e. The molecule has 34 heavy (non-hydrogen) atoms. The van der Waals surface area contributed by atoms with E-state index in [0.717, 1.165) is 68.8 Å². The lowest BCUT2D eigenvalue weighted by Gasteiger charge is -2.21. The number of hydrogen-bond acceptors (Lipinski definition) is 4. The van der Waals surface area contributed by atoms with Gasteiger partial charge < -0.3 is 24.5 Å². The highest BCUT2D eigenvalue weighted by Crippen LogP contribution is 2.49. The molecule has 174 valence electrons. The molecule has 2 aromatic carbocycles. The molecule has 0 bridgehead atoms. The molecule has 0 spiro atoms. The smallest absolute Gasteiger partial charge is 0.341 e. The monoisotopic (exact) mass is 458 g/mol. The van der Waals surface area contributed by atoms with Gasteiger partial charge in [0.05, 0.1) is 16.6 Å². The van der Waals surface area contributed by atoms with E-state index in [1.165, 1.54) is 5.56 Å². The molecule has 0 unspecified atom stereocenters. The van der Waals surface area contributed by atoms with E-state index in [0.29, 0.717) is 11.7 Å². The Morgan fingerprint density at radius 3 is 2.82 bits per heavy atom. The van der Waals surface area contributed by atoms with Crippen LogP contribution in [-0.4, -0.2) is 42.1 Å². The van der Waals surface area contributed by atoms with Crippen LogP contribution < -0.4 is 4.74 Å². The Morgan fingerprint density at radius 2 is 2.06 bits per heavy atom. The highest BCUT2D eigenvalue weighted by atomic mass is 16.5. The van der Waals surface area contributed by atoms with E-state index in [1.54, 1.807) is 0 Å². The number of nitrogens with zero attached hydrogens (tertiary/aromatic N) is 3. The molecule has 1 aliphatic rings. The number of aromatic hydroxyl groups is 1. The van der Waals surface area contributed by atoms with Crippen molar-refractivity contribution in [2.24, 2.45) is 13.0 Å². The predicted molar refractivity (Wildman–Crippen MR) is 131 cm³/mol. The molecule has 0 aliphatic heterocycles. The van der Waals surface area contributed by atoms with Gasteiger partial charge in [-0.05, 0) is 42.5 Å². The van der Waals surface area contributed by atoms with Gasteiger partial charge in [-0.2, -0.15) is 5.10 Å². The number of rotatable bonds is 5. The third-order valence-corrected chi connectivity index (χ3v) is 6.70. The second kappa shape index (κ2) is 7.28. The quantitative estimate of drug-likeness (QED) is 0.357. The lowest BCUT2D eigenvalue weighted by Crippen LogP contribution is -2.10. The second-order valence-electron chi connectivity index (χ2n) is 9.53. The maximum absolute atomic E-state index is 11.0. The highest BCUT2D eigenvalue weighted by Gasteiger charge is 2.29. The standard InChI is InChI=1S/C26H26N4O4/c1-13(2)10-30-20-7-4-14(34-12-21(31)32)8-16(20)23-17-9-27-26(33)24(17)22-15(25(23)30)5-6-19-18(22)11-29(3)28-19/h4,7-9,11,13,27,33H,5-6,10,12H2,1-3H3,(H,31,32). The molecule has 0 saturated carbocycles.